The van der Waals surface area contributed by atoms with E-state index in [2.05, 4.69) is 39.9 Å². The predicted molar refractivity (Wildman–Crippen MR) is 59.2 cm³/mol. The standard InChI is InChI=1S/C7H10N4S2/c8-7(12)10-9-5-4-6-11(5)2-1-3-13-6/h1-2,6H,3-4H2,(H3,8,10,12)/t6-/m0/s1. The van der Waals surface area contributed by atoms with Gasteiger partial charge in [-0.3, -0.25) is 5.43 Å². The van der Waals surface area contributed by atoms with Crippen molar-refractivity contribution >= 4 is 34.9 Å². The molecule has 2 aliphatic rings. The van der Waals surface area contributed by atoms with Crippen LogP contribution >= 0.6 is 24.0 Å². The van der Waals surface area contributed by atoms with E-state index in [4.69, 9.17) is 5.73 Å². The highest BCUT2D eigenvalue weighted by molar-refractivity contribution is 8.00. The highest BCUT2D eigenvalue weighted by atomic mass is 32.2. The van der Waals surface area contributed by atoms with Gasteiger partial charge in [0.2, 0.25) is 0 Å². The molecule has 0 aromatic heterocycles. The van der Waals surface area contributed by atoms with Crippen molar-refractivity contribution in [2.45, 2.75) is 11.8 Å². The Hall–Kier alpha value is -0.750. The van der Waals surface area contributed by atoms with Crippen LogP contribution in [0.15, 0.2) is 17.4 Å². The highest BCUT2D eigenvalue weighted by Gasteiger charge is 2.34. The fourth-order valence-corrected chi connectivity index (χ4v) is 2.37. The molecule has 1 saturated heterocycles. The Labute approximate surface area is 86.2 Å². The number of hydrogen-bond acceptors (Lipinski definition) is 3. The van der Waals surface area contributed by atoms with Crippen LogP contribution < -0.4 is 11.2 Å². The predicted octanol–water partition coefficient (Wildman–Crippen LogP) is 0.425. The summed E-state index contributed by atoms with van der Waals surface area (Å²) in [7, 11) is 0. The number of rotatable bonds is 1. The van der Waals surface area contributed by atoms with E-state index >= 15 is 0 Å². The van der Waals surface area contributed by atoms with E-state index in [1.165, 1.54) is 0 Å². The Morgan fingerprint density at radius 2 is 2.69 bits per heavy atom. The molecule has 0 aromatic rings. The second-order valence-electron chi connectivity index (χ2n) is 2.79. The molecule has 0 spiro atoms. The van der Waals surface area contributed by atoms with Crippen molar-refractivity contribution in [2.75, 3.05) is 5.75 Å². The van der Waals surface area contributed by atoms with Crippen molar-refractivity contribution in [3.63, 3.8) is 0 Å². The molecule has 2 rings (SSSR count). The van der Waals surface area contributed by atoms with Gasteiger partial charge in [-0.05, 0) is 12.2 Å². The third kappa shape index (κ3) is 1.78. The first-order valence-electron chi connectivity index (χ1n) is 3.96. The lowest BCUT2D eigenvalue weighted by molar-refractivity contribution is 0.427. The topological polar surface area (TPSA) is 53.6 Å². The van der Waals surface area contributed by atoms with Gasteiger partial charge in [0, 0.05) is 18.4 Å². The number of thiocarbonyl (C=S) groups is 1. The highest BCUT2D eigenvalue weighted by Crippen LogP contribution is 2.33. The zero-order valence-electron chi connectivity index (χ0n) is 6.93. The monoisotopic (exact) mass is 214 g/mol. The number of nitrogens with two attached hydrogens (primary N) is 1. The number of nitrogens with zero attached hydrogens (tertiary/aromatic N) is 2. The maximum atomic E-state index is 5.26. The SMILES string of the molecule is NC(=S)NN=C1C[C@@H]2SCC=CN12. The van der Waals surface area contributed by atoms with Crippen LogP contribution in [0.3, 0.4) is 0 Å². The molecule has 70 valence electrons. The summed E-state index contributed by atoms with van der Waals surface area (Å²) in [5, 5.41) is 4.85. The molecule has 0 radical (unpaired) electrons. The number of hydrazone groups is 1. The Balaban J connectivity index is 1.97. The fraction of sp³-hybridized carbons (Fsp3) is 0.429. The van der Waals surface area contributed by atoms with E-state index in [0.717, 1.165) is 18.0 Å². The molecule has 0 aromatic carbocycles. The first-order chi connectivity index (χ1) is 6.27. The molecule has 4 nitrogen and oxygen atoms in total. The van der Waals surface area contributed by atoms with E-state index in [1.54, 1.807) is 0 Å². The van der Waals surface area contributed by atoms with Gasteiger partial charge in [-0.25, -0.2) is 0 Å². The number of fused-ring (bicyclic) bond motifs is 1. The van der Waals surface area contributed by atoms with Gasteiger partial charge in [-0.15, -0.1) is 11.8 Å². The quantitative estimate of drug-likeness (QED) is 0.489. The van der Waals surface area contributed by atoms with Crippen molar-refractivity contribution in [3.8, 4) is 0 Å². The summed E-state index contributed by atoms with van der Waals surface area (Å²) in [5.41, 5.74) is 7.85. The molecule has 0 bridgehead atoms. The van der Waals surface area contributed by atoms with Gasteiger partial charge in [0.1, 0.15) is 5.84 Å². The summed E-state index contributed by atoms with van der Waals surface area (Å²) in [6.45, 7) is 0. The van der Waals surface area contributed by atoms with Crippen LogP contribution in [0.2, 0.25) is 0 Å². The molecule has 13 heavy (non-hydrogen) atoms. The summed E-state index contributed by atoms with van der Waals surface area (Å²) in [4.78, 5) is 2.12. The first-order valence-corrected chi connectivity index (χ1v) is 5.41. The molecule has 0 amide bonds. The fourth-order valence-electron chi connectivity index (χ4n) is 1.28. The Bertz CT molecular complexity index is 286. The van der Waals surface area contributed by atoms with Crippen molar-refractivity contribution in [1.82, 2.24) is 10.3 Å². The molecule has 1 atom stereocenters. The first kappa shape index (κ1) is 8.83. The lowest BCUT2D eigenvalue weighted by Gasteiger charge is -2.42. The molecule has 0 saturated carbocycles. The van der Waals surface area contributed by atoms with Gasteiger partial charge in [-0.1, -0.05) is 6.08 Å². The van der Waals surface area contributed by atoms with Crippen LogP contribution in [0.4, 0.5) is 0 Å². The Morgan fingerprint density at radius 1 is 1.85 bits per heavy atom. The van der Waals surface area contributed by atoms with Crippen LogP contribution in [-0.4, -0.2) is 27.0 Å². The van der Waals surface area contributed by atoms with Crippen LogP contribution in [-0.2, 0) is 0 Å². The minimum atomic E-state index is 0.213. The number of thioether (sulfide) groups is 1. The third-order valence-corrected chi connectivity index (χ3v) is 3.17. The van der Waals surface area contributed by atoms with E-state index in [-0.39, 0.29) is 5.11 Å². The summed E-state index contributed by atoms with van der Waals surface area (Å²) in [6, 6.07) is 0. The Kier molecular flexibility index (Phi) is 2.41. The zero-order chi connectivity index (χ0) is 9.26. The molecule has 2 heterocycles. The van der Waals surface area contributed by atoms with E-state index in [1.807, 2.05) is 11.8 Å². The van der Waals surface area contributed by atoms with E-state index < -0.39 is 0 Å². The maximum absolute atomic E-state index is 5.26. The van der Waals surface area contributed by atoms with Gasteiger partial charge in [0.15, 0.2) is 5.11 Å². The van der Waals surface area contributed by atoms with Gasteiger partial charge >= 0.3 is 0 Å². The molecule has 3 N–H and O–H groups in total. The van der Waals surface area contributed by atoms with Gasteiger partial charge in [0.25, 0.3) is 0 Å². The molecule has 2 aliphatic heterocycles. The lowest BCUT2D eigenvalue weighted by Crippen LogP contribution is -2.49. The van der Waals surface area contributed by atoms with Crippen LogP contribution in [0, 0.1) is 0 Å². The molecule has 6 heteroatoms. The lowest BCUT2D eigenvalue weighted by atomic mass is 10.2. The molecular weight excluding hydrogens is 204 g/mol. The molecule has 0 unspecified atom stereocenters. The average Bonchev–Trinajstić information content (AvgIpc) is 2.06. The van der Waals surface area contributed by atoms with Crippen molar-refractivity contribution < 1.29 is 0 Å². The zero-order valence-corrected chi connectivity index (χ0v) is 8.57. The summed E-state index contributed by atoms with van der Waals surface area (Å²) < 4.78 is 0. The van der Waals surface area contributed by atoms with Gasteiger partial charge in [-0.2, -0.15) is 5.10 Å². The Morgan fingerprint density at radius 3 is 3.38 bits per heavy atom. The third-order valence-electron chi connectivity index (χ3n) is 1.91. The largest absolute Gasteiger partial charge is 0.375 e. The summed E-state index contributed by atoms with van der Waals surface area (Å²) >= 11 is 6.57. The smallest absolute Gasteiger partial charge is 0.184 e. The van der Waals surface area contributed by atoms with Crippen molar-refractivity contribution in [1.29, 1.82) is 0 Å². The van der Waals surface area contributed by atoms with Gasteiger partial charge < -0.3 is 10.6 Å². The average molecular weight is 214 g/mol. The van der Waals surface area contributed by atoms with Crippen LogP contribution in [0.25, 0.3) is 0 Å². The molecule has 0 aliphatic carbocycles. The van der Waals surface area contributed by atoms with Crippen LogP contribution in [0.1, 0.15) is 6.42 Å². The number of nitrogens with one attached hydrogen (secondary N) is 1. The number of hydrogen-bond donors (Lipinski definition) is 2. The molecular formula is C7H10N4S2. The van der Waals surface area contributed by atoms with Crippen molar-refractivity contribution in [3.05, 3.63) is 12.3 Å². The normalized spacial score (nSPS) is 28.2. The minimum absolute atomic E-state index is 0.213. The minimum Gasteiger partial charge on any atom is -0.375 e. The van der Waals surface area contributed by atoms with E-state index in [0.29, 0.717) is 5.37 Å². The second kappa shape index (κ2) is 3.55. The summed E-state index contributed by atoms with van der Waals surface area (Å²) in [5.74, 6) is 2.10. The second-order valence-corrected chi connectivity index (χ2v) is 4.44. The molecule has 1 fully saturated rings. The van der Waals surface area contributed by atoms with E-state index in [9.17, 15) is 0 Å². The summed E-state index contributed by atoms with van der Waals surface area (Å²) in [6.07, 6.45) is 5.17. The van der Waals surface area contributed by atoms with Crippen molar-refractivity contribution in [2.24, 2.45) is 10.8 Å². The van der Waals surface area contributed by atoms with Crippen LogP contribution in [0.5, 0.6) is 0 Å². The van der Waals surface area contributed by atoms with Gasteiger partial charge in [0.05, 0.1) is 5.37 Å². The number of amidine groups is 1. The maximum Gasteiger partial charge on any atom is 0.184 e.